The summed E-state index contributed by atoms with van der Waals surface area (Å²) in [4.78, 5) is 17.8. The van der Waals surface area contributed by atoms with Crippen molar-refractivity contribution in [2.45, 2.75) is 14.0 Å². The molecule has 0 atom stereocenters. The average Bonchev–Trinajstić information content (AvgIpc) is 3.17. The number of hydrogen-bond acceptors (Lipinski definition) is 6. The Morgan fingerprint density at radius 3 is 2.47 bits per heavy atom. The maximum atomic E-state index is 14.2. The van der Waals surface area contributed by atoms with Crippen molar-refractivity contribution in [2.75, 3.05) is 10.6 Å². The van der Waals surface area contributed by atoms with Crippen molar-refractivity contribution < 1.29 is 4.39 Å². The molecule has 0 radical (unpaired) electrons. The summed E-state index contributed by atoms with van der Waals surface area (Å²) in [7, 11) is 0. The van der Waals surface area contributed by atoms with Crippen LogP contribution in [0.2, 0.25) is 0 Å². The minimum atomic E-state index is -0.362. The monoisotopic (exact) mass is 427 g/mol. The van der Waals surface area contributed by atoms with Crippen LogP contribution in [0, 0.1) is 5.82 Å². The van der Waals surface area contributed by atoms with E-state index in [1.807, 2.05) is 47.0 Å². The molecular formula is C24H22FN7. The molecule has 5 rings (SSSR count). The van der Waals surface area contributed by atoms with E-state index >= 15 is 0 Å². The van der Waals surface area contributed by atoms with Gasteiger partial charge in [0.1, 0.15) is 11.3 Å². The molecule has 0 unspecified atom stereocenters. The van der Waals surface area contributed by atoms with Gasteiger partial charge in [0, 0.05) is 18.9 Å². The van der Waals surface area contributed by atoms with Crippen molar-refractivity contribution >= 4 is 28.7 Å². The van der Waals surface area contributed by atoms with E-state index in [-0.39, 0.29) is 13.2 Å². The Bertz CT molecular complexity index is 1320. The Morgan fingerprint density at radius 2 is 1.69 bits per heavy atom. The summed E-state index contributed by atoms with van der Waals surface area (Å²) in [6.45, 7) is 0.541. The van der Waals surface area contributed by atoms with Crippen LogP contribution in [0.1, 0.15) is 13.0 Å². The van der Waals surface area contributed by atoms with Crippen LogP contribution < -0.4 is 10.6 Å². The molecule has 0 saturated heterocycles. The molecule has 0 aliphatic heterocycles. The van der Waals surface area contributed by atoms with Crippen LogP contribution in [0.15, 0.2) is 85.3 Å². The van der Waals surface area contributed by atoms with Gasteiger partial charge in [-0.1, -0.05) is 43.8 Å². The van der Waals surface area contributed by atoms with Crippen molar-refractivity contribution in [3.63, 3.8) is 0 Å². The van der Waals surface area contributed by atoms with E-state index in [4.69, 9.17) is 0 Å². The Labute approximate surface area is 185 Å². The molecule has 7 nitrogen and oxygen atoms in total. The van der Waals surface area contributed by atoms with Gasteiger partial charge < -0.3 is 10.6 Å². The smallest absolute Gasteiger partial charge is 0.225 e. The molecule has 0 spiro atoms. The lowest BCUT2D eigenvalue weighted by molar-refractivity contribution is 0.631. The number of halogens is 1. The molecule has 160 valence electrons. The molecule has 3 aromatic heterocycles. The Morgan fingerprint density at radius 1 is 0.875 bits per heavy atom. The van der Waals surface area contributed by atoms with E-state index in [2.05, 4.69) is 30.6 Å². The highest BCUT2D eigenvalue weighted by molar-refractivity contribution is 5.79. The van der Waals surface area contributed by atoms with E-state index in [0.717, 1.165) is 11.3 Å². The number of para-hydroxylation sites is 2. The minimum absolute atomic E-state index is 0. The number of rotatable bonds is 6. The molecule has 0 fully saturated rings. The third-order valence-electron chi connectivity index (χ3n) is 4.71. The first-order valence-electron chi connectivity index (χ1n) is 9.73. The molecule has 0 bridgehead atoms. The largest absolute Gasteiger partial charge is 0.350 e. The average molecular weight is 427 g/mol. The first kappa shape index (κ1) is 20.9. The topological polar surface area (TPSA) is 80.6 Å². The highest BCUT2D eigenvalue weighted by atomic mass is 19.1. The maximum absolute atomic E-state index is 14.2. The fraction of sp³-hybridized carbons (Fsp3) is 0.0833. The number of fused-ring (bicyclic) bond motifs is 1. The van der Waals surface area contributed by atoms with Gasteiger partial charge in [0.25, 0.3) is 0 Å². The first-order valence-corrected chi connectivity index (χ1v) is 9.73. The number of nitrogens with one attached hydrogen (secondary N) is 2. The molecule has 32 heavy (non-hydrogen) atoms. The molecule has 2 aromatic carbocycles. The van der Waals surface area contributed by atoms with Gasteiger partial charge in [0.05, 0.1) is 17.6 Å². The van der Waals surface area contributed by atoms with Crippen LogP contribution in [0.3, 0.4) is 0 Å². The second-order valence-electron chi connectivity index (χ2n) is 6.83. The number of hydrogen-bond donors (Lipinski definition) is 2. The van der Waals surface area contributed by atoms with Gasteiger partial charge in [-0.05, 0) is 35.9 Å². The van der Waals surface area contributed by atoms with E-state index in [9.17, 15) is 4.39 Å². The van der Waals surface area contributed by atoms with Gasteiger partial charge in [-0.2, -0.15) is 4.98 Å². The van der Waals surface area contributed by atoms with Crippen LogP contribution in [-0.4, -0.2) is 24.5 Å². The number of aromatic nitrogens is 5. The summed E-state index contributed by atoms with van der Waals surface area (Å²) in [5.41, 5.74) is 3.40. The molecule has 0 aliphatic carbocycles. The zero-order chi connectivity index (χ0) is 21.0. The lowest BCUT2D eigenvalue weighted by Crippen LogP contribution is -2.06. The van der Waals surface area contributed by atoms with Crippen molar-refractivity contribution in [2.24, 2.45) is 0 Å². The highest BCUT2D eigenvalue weighted by Crippen LogP contribution is 2.27. The molecule has 0 saturated carbocycles. The van der Waals surface area contributed by atoms with Gasteiger partial charge in [-0.15, -0.1) is 0 Å². The first-order chi connectivity index (χ1) is 15.3. The van der Waals surface area contributed by atoms with Crippen molar-refractivity contribution in [3.05, 3.63) is 96.7 Å². The predicted molar refractivity (Wildman–Crippen MR) is 125 cm³/mol. The summed E-state index contributed by atoms with van der Waals surface area (Å²) >= 11 is 0. The number of anilines is 3. The summed E-state index contributed by atoms with van der Waals surface area (Å²) < 4.78 is 16.1. The molecule has 0 aliphatic rings. The normalized spacial score (nSPS) is 10.5. The van der Waals surface area contributed by atoms with Crippen LogP contribution in [0.25, 0.3) is 16.9 Å². The number of imidazole rings is 1. The third kappa shape index (κ3) is 4.24. The van der Waals surface area contributed by atoms with Crippen LogP contribution >= 0.6 is 0 Å². The van der Waals surface area contributed by atoms with Gasteiger partial charge in [0.2, 0.25) is 11.9 Å². The predicted octanol–water partition coefficient (Wildman–Crippen LogP) is 5.34. The SMILES string of the molecule is C.Fc1ccccc1Nc1nc2cnc(NCc3cccnc3)nc2n1-c1ccccc1. The lowest BCUT2D eigenvalue weighted by atomic mass is 10.3. The van der Waals surface area contributed by atoms with E-state index < -0.39 is 0 Å². The Kier molecular flexibility index (Phi) is 6.03. The maximum Gasteiger partial charge on any atom is 0.225 e. The minimum Gasteiger partial charge on any atom is -0.350 e. The second kappa shape index (κ2) is 9.22. The Balaban J connectivity index is 0.00000245. The third-order valence-corrected chi connectivity index (χ3v) is 4.71. The summed E-state index contributed by atoms with van der Waals surface area (Å²) in [6.07, 6.45) is 5.17. The lowest BCUT2D eigenvalue weighted by Gasteiger charge is -2.11. The van der Waals surface area contributed by atoms with E-state index in [0.29, 0.717) is 35.3 Å². The van der Waals surface area contributed by atoms with E-state index in [1.165, 1.54) is 6.07 Å². The fourth-order valence-corrected chi connectivity index (χ4v) is 3.23. The molecule has 5 aromatic rings. The number of nitrogens with zero attached hydrogens (tertiary/aromatic N) is 5. The zero-order valence-corrected chi connectivity index (χ0v) is 16.4. The molecule has 0 amide bonds. The van der Waals surface area contributed by atoms with Crippen LogP contribution in [-0.2, 0) is 6.54 Å². The molecular weight excluding hydrogens is 405 g/mol. The van der Waals surface area contributed by atoms with Crippen molar-refractivity contribution in [1.82, 2.24) is 24.5 Å². The highest BCUT2D eigenvalue weighted by Gasteiger charge is 2.16. The van der Waals surface area contributed by atoms with Crippen LogP contribution in [0.5, 0.6) is 0 Å². The van der Waals surface area contributed by atoms with Gasteiger partial charge in [-0.25, -0.2) is 14.4 Å². The molecule has 2 N–H and O–H groups in total. The quantitative estimate of drug-likeness (QED) is 0.381. The number of pyridine rings is 1. The van der Waals surface area contributed by atoms with Gasteiger partial charge in [0.15, 0.2) is 5.65 Å². The zero-order valence-electron chi connectivity index (χ0n) is 16.4. The summed E-state index contributed by atoms with van der Waals surface area (Å²) in [6, 6.07) is 20.0. The second-order valence-corrected chi connectivity index (χ2v) is 6.83. The van der Waals surface area contributed by atoms with E-state index in [1.54, 1.807) is 36.8 Å². The van der Waals surface area contributed by atoms with Crippen molar-refractivity contribution in [1.29, 1.82) is 0 Å². The molecule has 8 heteroatoms. The van der Waals surface area contributed by atoms with Crippen LogP contribution in [0.4, 0.5) is 22.0 Å². The van der Waals surface area contributed by atoms with Gasteiger partial charge in [-0.3, -0.25) is 9.55 Å². The summed E-state index contributed by atoms with van der Waals surface area (Å²) in [5, 5.41) is 6.30. The summed E-state index contributed by atoms with van der Waals surface area (Å²) in [5.74, 6) is 0.551. The Hall–Kier alpha value is -4.33. The van der Waals surface area contributed by atoms with Gasteiger partial charge >= 0.3 is 0 Å². The molecule has 3 heterocycles. The number of benzene rings is 2. The van der Waals surface area contributed by atoms with Crippen molar-refractivity contribution in [3.8, 4) is 5.69 Å². The fourth-order valence-electron chi connectivity index (χ4n) is 3.23. The standard InChI is InChI=1S/C23H18FN7.CH4/c24-18-10-4-5-11-19(18)28-23-29-20-15-27-22(26-14-16-7-6-12-25-13-16)30-21(20)31(23)17-8-2-1-3-9-17;/h1-13,15H,14H2,(H,28,29)(H,26,27,30);1H4.